The molecule has 0 aliphatic carbocycles. The van der Waals surface area contributed by atoms with Gasteiger partial charge in [0.05, 0.1) is 11.7 Å². The van der Waals surface area contributed by atoms with Crippen LogP contribution in [0.1, 0.15) is 20.8 Å². The second-order valence-corrected chi connectivity index (χ2v) is 4.90. The highest BCUT2D eigenvalue weighted by Crippen LogP contribution is 2.24. The molecule has 2 aromatic rings. The zero-order chi connectivity index (χ0) is 13.5. The van der Waals surface area contributed by atoms with Gasteiger partial charge in [-0.05, 0) is 26.8 Å². The van der Waals surface area contributed by atoms with Crippen molar-refractivity contribution < 1.29 is 19.0 Å². The molecule has 2 rings (SSSR count). The zero-order valence-electron chi connectivity index (χ0n) is 10.3. The Bertz CT molecular complexity index is 614. The molecule has 18 heavy (non-hydrogen) atoms. The Labute approximate surface area is 103 Å². The minimum absolute atomic E-state index is 0.250. The van der Waals surface area contributed by atoms with Crippen molar-refractivity contribution in [2.75, 3.05) is 0 Å². The fourth-order valence-corrected chi connectivity index (χ4v) is 1.49. The minimum atomic E-state index is -0.812. The number of rotatable bonds is 0. The van der Waals surface area contributed by atoms with Gasteiger partial charge in [-0.25, -0.2) is 9.18 Å². The van der Waals surface area contributed by atoms with Gasteiger partial charge < -0.3 is 9.84 Å². The first-order valence-electron chi connectivity index (χ1n) is 5.37. The predicted octanol–water partition coefficient (Wildman–Crippen LogP) is 2.66. The van der Waals surface area contributed by atoms with Gasteiger partial charge in [-0.2, -0.15) is 9.78 Å². The molecule has 1 aromatic heterocycles. The topological polar surface area (TPSA) is 64.4 Å². The van der Waals surface area contributed by atoms with Crippen molar-refractivity contribution in [1.82, 2.24) is 9.78 Å². The summed E-state index contributed by atoms with van der Waals surface area (Å²) in [7, 11) is 0. The second kappa shape index (κ2) is 3.97. The van der Waals surface area contributed by atoms with E-state index in [1.165, 1.54) is 12.3 Å². The van der Waals surface area contributed by atoms with Gasteiger partial charge in [0.25, 0.3) is 0 Å². The summed E-state index contributed by atoms with van der Waals surface area (Å²) in [6.45, 7) is 5.18. The minimum Gasteiger partial charge on any atom is -0.505 e. The molecule has 0 amide bonds. The summed E-state index contributed by atoms with van der Waals surface area (Å²) in [5, 5.41) is 13.5. The third-order valence-corrected chi connectivity index (χ3v) is 2.20. The van der Waals surface area contributed by atoms with Gasteiger partial charge >= 0.3 is 6.09 Å². The quantitative estimate of drug-likeness (QED) is 0.782. The number of carbonyl (C=O) groups excluding carboxylic acids is 1. The van der Waals surface area contributed by atoms with E-state index < -0.39 is 23.3 Å². The van der Waals surface area contributed by atoms with Gasteiger partial charge in [-0.1, -0.05) is 0 Å². The van der Waals surface area contributed by atoms with Crippen molar-refractivity contribution in [1.29, 1.82) is 0 Å². The molecule has 0 aliphatic heterocycles. The molecule has 1 aromatic carbocycles. The molecule has 0 unspecified atom stereocenters. The number of aromatic hydroxyl groups is 1. The van der Waals surface area contributed by atoms with Crippen molar-refractivity contribution >= 4 is 17.0 Å². The number of fused-ring (bicyclic) bond motifs is 1. The first-order valence-corrected chi connectivity index (χ1v) is 5.37. The molecular formula is C12H13FN2O3. The Morgan fingerprint density at radius 3 is 2.72 bits per heavy atom. The van der Waals surface area contributed by atoms with E-state index in [-0.39, 0.29) is 5.52 Å². The number of phenolic OH excluding ortho intramolecular Hbond substituents is 1. The van der Waals surface area contributed by atoms with Crippen molar-refractivity contribution in [3.63, 3.8) is 0 Å². The molecule has 0 fully saturated rings. The van der Waals surface area contributed by atoms with Crippen LogP contribution in [0.5, 0.6) is 5.75 Å². The standard InChI is InChI=1S/C12H13FN2O3/c1-12(2,3)18-11(17)15-9-5-8(13)10(16)4-7(9)6-14-15/h4-6,16H,1-3H3. The summed E-state index contributed by atoms with van der Waals surface area (Å²) in [6.07, 6.45) is 0.667. The first-order chi connectivity index (χ1) is 8.28. The summed E-state index contributed by atoms with van der Waals surface area (Å²) in [5.41, 5.74) is -0.412. The Morgan fingerprint density at radius 1 is 1.44 bits per heavy atom. The lowest BCUT2D eigenvalue weighted by Gasteiger charge is -2.19. The first kappa shape index (κ1) is 12.3. The number of carbonyl (C=O) groups is 1. The summed E-state index contributed by atoms with van der Waals surface area (Å²) in [6, 6.07) is 2.25. The van der Waals surface area contributed by atoms with E-state index in [1.54, 1.807) is 20.8 Å². The molecule has 1 heterocycles. The van der Waals surface area contributed by atoms with Crippen LogP contribution in [0.3, 0.4) is 0 Å². The lowest BCUT2D eigenvalue weighted by atomic mass is 10.2. The van der Waals surface area contributed by atoms with E-state index >= 15 is 0 Å². The highest BCUT2D eigenvalue weighted by atomic mass is 19.1. The zero-order valence-corrected chi connectivity index (χ0v) is 10.3. The molecule has 5 nitrogen and oxygen atoms in total. The van der Waals surface area contributed by atoms with Crippen molar-refractivity contribution in [2.45, 2.75) is 26.4 Å². The smallest absolute Gasteiger partial charge is 0.435 e. The van der Waals surface area contributed by atoms with Crippen LogP contribution in [0, 0.1) is 5.82 Å². The summed E-state index contributed by atoms with van der Waals surface area (Å²) in [4.78, 5) is 11.8. The number of nitrogens with zero attached hydrogens (tertiary/aromatic N) is 2. The maximum Gasteiger partial charge on any atom is 0.435 e. The molecule has 0 spiro atoms. The lowest BCUT2D eigenvalue weighted by molar-refractivity contribution is 0.0522. The van der Waals surface area contributed by atoms with E-state index in [4.69, 9.17) is 4.74 Å². The molecular weight excluding hydrogens is 239 g/mol. The Morgan fingerprint density at radius 2 is 2.11 bits per heavy atom. The number of ether oxygens (including phenoxy) is 1. The van der Waals surface area contributed by atoms with Crippen LogP contribution in [0.4, 0.5) is 9.18 Å². The molecule has 0 bridgehead atoms. The number of halogens is 1. The van der Waals surface area contributed by atoms with E-state index in [1.807, 2.05) is 0 Å². The number of phenols is 1. The van der Waals surface area contributed by atoms with E-state index in [2.05, 4.69) is 5.10 Å². The molecule has 0 atom stereocenters. The number of hydrogen-bond donors (Lipinski definition) is 1. The largest absolute Gasteiger partial charge is 0.505 e. The summed E-state index contributed by atoms with van der Waals surface area (Å²) < 4.78 is 19.4. The van der Waals surface area contributed by atoms with Gasteiger partial charge in [0, 0.05) is 11.5 Å². The molecule has 0 aliphatic rings. The SMILES string of the molecule is CC(C)(C)OC(=O)n1ncc2cc(O)c(F)cc21. The third kappa shape index (κ3) is 2.27. The fourth-order valence-electron chi connectivity index (χ4n) is 1.49. The number of hydrogen-bond acceptors (Lipinski definition) is 4. The van der Waals surface area contributed by atoms with Crippen LogP contribution in [-0.2, 0) is 4.74 Å². The normalized spacial score (nSPS) is 11.8. The molecule has 0 saturated carbocycles. The van der Waals surface area contributed by atoms with Crippen molar-refractivity contribution in [2.24, 2.45) is 0 Å². The third-order valence-electron chi connectivity index (χ3n) is 2.20. The number of aromatic nitrogens is 2. The van der Waals surface area contributed by atoms with Crippen LogP contribution in [0.15, 0.2) is 18.3 Å². The molecule has 1 N–H and O–H groups in total. The summed E-state index contributed by atoms with van der Waals surface area (Å²) >= 11 is 0. The van der Waals surface area contributed by atoms with Crippen LogP contribution in [0.25, 0.3) is 10.9 Å². The molecule has 6 heteroatoms. The van der Waals surface area contributed by atoms with Gasteiger partial charge in [-0.3, -0.25) is 0 Å². The van der Waals surface area contributed by atoms with E-state index in [0.29, 0.717) is 5.39 Å². The maximum atomic E-state index is 13.3. The Kier molecular flexibility index (Phi) is 2.73. The van der Waals surface area contributed by atoms with Gasteiger partial charge in [0.15, 0.2) is 11.6 Å². The van der Waals surface area contributed by atoms with E-state index in [9.17, 15) is 14.3 Å². The Balaban J connectivity index is 2.46. The molecule has 96 valence electrons. The highest BCUT2D eigenvalue weighted by Gasteiger charge is 2.20. The van der Waals surface area contributed by atoms with Crippen LogP contribution in [0.2, 0.25) is 0 Å². The van der Waals surface area contributed by atoms with Crippen LogP contribution >= 0.6 is 0 Å². The number of benzene rings is 1. The van der Waals surface area contributed by atoms with Gasteiger partial charge in [0.2, 0.25) is 0 Å². The van der Waals surface area contributed by atoms with Crippen LogP contribution in [-0.4, -0.2) is 26.6 Å². The van der Waals surface area contributed by atoms with Crippen molar-refractivity contribution in [3.8, 4) is 5.75 Å². The van der Waals surface area contributed by atoms with E-state index in [0.717, 1.165) is 10.7 Å². The van der Waals surface area contributed by atoms with Gasteiger partial charge in [-0.15, -0.1) is 0 Å². The monoisotopic (exact) mass is 252 g/mol. The van der Waals surface area contributed by atoms with Crippen LogP contribution < -0.4 is 0 Å². The molecule has 0 saturated heterocycles. The summed E-state index contributed by atoms with van der Waals surface area (Å²) in [5.74, 6) is -1.29. The average Bonchev–Trinajstić information content (AvgIpc) is 2.59. The highest BCUT2D eigenvalue weighted by molar-refractivity contribution is 5.88. The average molecular weight is 252 g/mol. The predicted molar refractivity (Wildman–Crippen MR) is 63.0 cm³/mol. The maximum absolute atomic E-state index is 13.3. The fraction of sp³-hybridized carbons (Fsp3) is 0.333. The molecule has 0 radical (unpaired) electrons. The lowest BCUT2D eigenvalue weighted by Crippen LogP contribution is -2.27. The van der Waals surface area contributed by atoms with Crippen molar-refractivity contribution in [3.05, 3.63) is 24.1 Å². The Hall–Kier alpha value is -2.11. The second-order valence-electron chi connectivity index (χ2n) is 4.90. The van der Waals surface area contributed by atoms with Gasteiger partial charge in [0.1, 0.15) is 5.60 Å².